The van der Waals surface area contributed by atoms with Crippen LogP contribution in [-0.4, -0.2) is 30.5 Å². The molecule has 0 aromatic heterocycles. The Balaban J connectivity index is 1.88. The van der Waals surface area contributed by atoms with Gasteiger partial charge in [-0.05, 0) is 25.0 Å². The van der Waals surface area contributed by atoms with Crippen LogP contribution >= 0.6 is 11.6 Å². The highest BCUT2D eigenvalue weighted by Crippen LogP contribution is 2.25. The highest BCUT2D eigenvalue weighted by Gasteiger charge is 2.29. The fraction of sp³-hybridized carbons (Fsp3) is 0.417. The van der Waals surface area contributed by atoms with E-state index < -0.39 is 5.82 Å². The van der Waals surface area contributed by atoms with E-state index in [1.807, 2.05) is 0 Å². The van der Waals surface area contributed by atoms with Crippen LogP contribution in [0.15, 0.2) is 18.2 Å². The van der Waals surface area contributed by atoms with Crippen LogP contribution in [0.4, 0.5) is 4.39 Å². The van der Waals surface area contributed by atoms with Crippen LogP contribution in [0.5, 0.6) is 5.75 Å². The monoisotopic (exact) mass is 257 g/mol. The highest BCUT2D eigenvalue weighted by molar-refractivity contribution is 6.30. The van der Waals surface area contributed by atoms with Crippen LogP contribution in [0.2, 0.25) is 5.02 Å². The first kappa shape index (κ1) is 12.2. The van der Waals surface area contributed by atoms with Crippen LogP contribution in [-0.2, 0) is 4.79 Å². The fourth-order valence-electron chi connectivity index (χ4n) is 1.48. The second-order valence-corrected chi connectivity index (χ2v) is 4.51. The molecule has 1 aliphatic carbocycles. The Morgan fingerprint density at radius 1 is 1.59 bits per heavy atom. The van der Waals surface area contributed by atoms with Crippen molar-refractivity contribution in [3.63, 3.8) is 0 Å². The molecule has 1 fully saturated rings. The maximum atomic E-state index is 13.1. The van der Waals surface area contributed by atoms with E-state index in [4.69, 9.17) is 16.3 Å². The standard InChI is InChI=1S/C12H13ClFNO2/c1-15(8-2-3-8)12(16)7-17-9-4-5-10(13)11(14)6-9/h4-6,8H,2-3,7H2,1H3. The van der Waals surface area contributed by atoms with Crippen molar-refractivity contribution in [1.82, 2.24) is 4.90 Å². The molecule has 1 aliphatic rings. The van der Waals surface area contributed by atoms with Crippen molar-refractivity contribution in [2.75, 3.05) is 13.7 Å². The van der Waals surface area contributed by atoms with Crippen LogP contribution in [0.1, 0.15) is 12.8 Å². The zero-order chi connectivity index (χ0) is 12.4. The average molecular weight is 258 g/mol. The summed E-state index contributed by atoms with van der Waals surface area (Å²) in [6.45, 7) is -0.0753. The molecule has 1 aromatic carbocycles. The molecule has 0 saturated heterocycles. The number of carbonyl (C=O) groups is 1. The van der Waals surface area contributed by atoms with Gasteiger partial charge in [0.2, 0.25) is 0 Å². The number of rotatable bonds is 4. The summed E-state index contributed by atoms with van der Waals surface area (Å²) in [6.07, 6.45) is 2.11. The Hall–Kier alpha value is -1.29. The molecule has 0 atom stereocenters. The molecule has 1 amide bonds. The van der Waals surface area contributed by atoms with Gasteiger partial charge in [-0.1, -0.05) is 11.6 Å². The first-order chi connectivity index (χ1) is 8.08. The van der Waals surface area contributed by atoms with Crippen molar-refractivity contribution in [2.45, 2.75) is 18.9 Å². The minimum Gasteiger partial charge on any atom is -0.484 e. The average Bonchev–Trinajstić information content (AvgIpc) is 3.13. The number of carbonyl (C=O) groups excluding carboxylic acids is 1. The number of amides is 1. The number of halogens is 2. The first-order valence-corrected chi connectivity index (χ1v) is 5.79. The van der Waals surface area contributed by atoms with Gasteiger partial charge in [-0.2, -0.15) is 0 Å². The zero-order valence-corrected chi connectivity index (χ0v) is 10.2. The highest BCUT2D eigenvalue weighted by atomic mass is 35.5. The van der Waals surface area contributed by atoms with Crippen molar-refractivity contribution in [1.29, 1.82) is 0 Å². The normalized spacial score (nSPS) is 14.5. The predicted octanol–water partition coefficient (Wildman–Crippen LogP) is 2.48. The summed E-state index contributed by atoms with van der Waals surface area (Å²) >= 11 is 5.54. The lowest BCUT2D eigenvalue weighted by atomic mass is 10.3. The third-order valence-electron chi connectivity index (χ3n) is 2.74. The predicted molar refractivity (Wildman–Crippen MR) is 62.7 cm³/mol. The van der Waals surface area contributed by atoms with E-state index in [0.29, 0.717) is 11.8 Å². The van der Waals surface area contributed by atoms with Crippen molar-refractivity contribution >= 4 is 17.5 Å². The second-order valence-electron chi connectivity index (χ2n) is 4.10. The lowest BCUT2D eigenvalue weighted by Gasteiger charge is -2.16. The van der Waals surface area contributed by atoms with E-state index >= 15 is 0 Å². The van der Waals surface area contributed by atoms with E-state index in [-0.39, 0.29) is 17.5 Å². The minimum atomic E-state index is -0.549. The summed E-state index contributed by atoms with van der Waals surface area (Å²) in [5.74, 6) is -0.334. The van der Waals surface area contributed by atoms with Gasteiger partial charge < -0.3 is 9.64 Å². The number of nitrogens with zero attached hydrogens (tertiary/aromatic N) is 1. The number of hydrogen-bond donors (Lipinski definition) is 0. The first-order valence-electron chi connectivity index (χ1n) is 5.41. The lowest BCUT2D eigenvalue weighted by molar-refractivity contribution is -0.132. The molecule has 3 nitrogen and oxygen atoms in total. The fourth-order valence-corrected chi connectivity index (χ4v) is 1.60. The Bertz CT molecular complexity index is 435. The molecule has 5 heteroatoms. The molecule has 2 rings (SSSR count). The Kier molecular flexibility index (Phi) is 3.52. The summed E-state index contributed by atoms with van der Waals surface area (Å²) in [7, 11) is 1.76. The zero-order valence-electron chi connectivity index (χ0n) is 9.45. The van der Waals surface area contributed by atoms with E-state index in [1.165, 1.54) is 18.2 Å². The summed E-state index contributed by atoms with van der Waals surface area (Å²) in [5.41, 5.74) is 0. The second kappa shape index (κ2) is 4.92. The quantitative estimate of drug-likeness (QED) is 0.829. The van der Waals surface area contributed by atoms with Gasteiger partial charge in [-0.3, -0.25) is 4.79 Å². The van der Waals surface area contributed by atoms with Crippen LogP contribution in [0.25, 0.3) is 0 Å². The molecule has 1 saturated carbocycles. The molecule has 0 radical (unpaired) electrons. The van der Waals surface area contributed by atoms with E-state index in [0.717, 1.165) is 12.8 Å². The third kappa shape index (κ3) is 3.09. The van der Waals surface area contributed by atoms with Gasteiger partial charge in [0, 0.05) is 19.2 Å². The minimum absolute atomic E-state index is 0.0405. The summed E-state index contributed by atoms with van der Waals surface area (Å²) in [5, 5.41) is 0.0405. The maximum absolute atomic E-state index is 13.1. The molecule has 17 heavy (non-hydrogen) atoms. The molecular weight excluding hydrogens is 245 g/mol. The van der Waals surface area contributed by atoms with E-state index in [1.54, 1.807) is 11.9 Å². The lowest BCUT2D eigenvalue weighted by Crippen LogP contribution is -2.33. The van der Waals surface area contributed by atoms with Gasteiger partial charge in [-0.25, -0.2) is 4.39 Å². The van der Waals surface area contributed by atoms with Gasteiger partial charge in [-0.15, -0.1) is 0 Å². The van der Waals surface area contributed by atoms with Gasteiger partial charge in [0.25, 0.3) is 5.91 Å². The molecule has 0 N–H and O–H groups in total. The van der Waals surface area contributed by atoms with Crippen molar-refractivity contribution in [3.8, 4) is 5.75 Å². The molecule has 0 heterocycles. The summed E-state index contributed by atoms with van der Waals surface area (Å²) in [6, 6.07) is 4.47. The van der Waals surface area contributed by atoms with Crippen LogP contribution in [0.3, 0.4) is 0 Å². The summed E-state index contributed by atoms with van der Waals surface area (Å²) < 4.78 is 18.3. The van der Waals surface area contributed by atoms with E-state index in [2.05, 4.69) is 0 Å². The molecule has 0 spiro atoms. The third-order valence-corrected chi connectivity index (χ3v) is 3.05. The van der Waals surface area contributed by atoms with Gasteiger partial charge in [0.15, 0.2) is 6.61 Å². The molecule has 92 valence electrons. The maximum Gasteiger partial charge on any atom is 0.260 e. The Labute approximate surface area is 104 Å². The van der Waals surface area contributed by atoms with Crippen molar-refractivity contribution in [3.05, 3.63) is 29.0 Å². The molecule has 1 aromatic rings. The van der Waals surface area contributed by atoms with Crippen molar-refractivity contribution in [2.24, 2.45) is 0 Å². The molecular formula is C12H13ClFNO2. The molecule has 0 unspecified atom stereocenters. The number of hydrogen-bond acceptors (Lipinski definition) is 2. The van der Waals surface area contributed by atoms with Gasteiger partial charge in [0.05, 0.1) is 5.02 Å². The number of benzene rings is 1. The van der Waals surface area contributed by atoms with Crippen LogP contribution < -0.4 is 4.74 Å². The van der Waals surface area contributed by atoms with Gasteiger partial charge >= 0.3 is 0 Å². The Morgan fingerprint density at radius 2 is 2.29 bits per heavy atom. The summed E-state index contributed by atoms with van der Waals surface area (Å²) in [4.78, 5) is 13.3. The number of ether oxygens (including phenoxy) is 1. The molecule has 0 aliphatic heterocycles. The number of likely N-dealkylation sites (N-methyl/N-ethyl adjacent to an activating group) is 1. The largest absolute Gasteiger partial charge is 0.484 e. The smallest absolute Gasteiger partial charge is 0.260 e. The van der Waals surface area contributed by atoms with Crippen molar-refractivity contribution < 1.29 is 13.9 Å². The van der Waals surface area contributed by atoms with Gasteiger partial charge in [0.1, 0.15) is 11.6 Å². The SMILES string of the molecule is CN(C(=O)COc1ccc(Cl)c(F)c1)C1CC1. The van der Waals surface area contributed by atoms with E-state index in [9.17, 15) is 9.18 Å². The topological polar surface area (TPSA) is 29.5 Å². The molecule has 0 bridgehead atoms. The van der Waals surface area contributed by atoms with Crippen LogP contribution in [0, 0.1) is 5.82 Å². The Morgan fingerprint density at radius 3 is 2.88 bits per heavy atom.